The third kappa shape index (κ3) is 3.03. The number of nitrogens with zero attached hydrogens (tertiary/aromatic N) is 4. The first-order chi connectivity index (χ1) is 12.7. The molecule has 6 nitrogen and oxygen atoms in total. The van der Waals surface area contributed by atoms with E-state index in [4.69, 9.17) is 4.74 Å². The van der Waals surface area contributed by atoms with E-state index in [0.29, 0.717) is 11.9 Å². The number of hydrogen-bond donors (Lipinski definition) is 1. The highest BCUT2D eigenvalue weighted by atomic mass is 16.5. The number of ether oxygens (including phenoxy) is 1. The summed E-state index contributed by atoms with van der Waals surface area (Å²) in [5.74, 6) is 2.08. The molecule has 2 aromatic carbocycles. The summed E-state index contributed by atoms with van der Waals surface area (Å²) in [5, 5.41) is 15.7. The molecular weight excluding hydrogens is 326 g/mol. The topological polar surface area (TPSA) is 64.9 Å². The van der Waals surface area contributed by atoms with Crippen LogP contribution in [0.5, 0.6) is 5.75 Å². The Morgan fingerprint density at radius 2 is 1.73 bits per heavy atom. The first kappa shape index (κ1) is 16.6. The molecule has 6 heteroatoms. The smallest absolute Gasteiger partial charge is 0.243 e. The van der Waals surface area contributed by atoms with Gasteiger partial charge in [0.1, 0.15) is 5.75 Å². The van der Waals surface area contributed by atoms with Crippen LogP contribution < -0.4 is 10.1 Å². The normalized spacial score (nSPS) is 19.1. The van der Waals surface area contributed by atoms with Crippen LogP contribution in [0, 0.1) is 0 Å². The summed E-state index contributed by atoms with van der Waals surface area (Å²) in [4.78, 5) is 0. The predicted octanol–water partition coefficient (Wildman–Crippen LogP) is 3.95. The molecule has 3 aromatic rings. The number of rotatable bonds is 4. The first-order valence-electron chi connectivity index (χ1n) is 8.94. The Labute approximate surface area is 153 Å². The average Bonchev–Trinajstić information content (AvgIpc) is 3.16. The molecule has 1 aliphatic rings. The maximum Gasteiger partial charge on any atom is 0.243 e. The van der Waals surface area contributed by atoms with Crippen LogP contribution >= 0.6 is 0 Å². The molecule has 0 radical (unpaired) electrons. The van der Waals surface area contributed by atoms with Crippen LogP contribution in [0.1, 0.15) is 55.0 Å². The number of methoxy groups -OCH3 is 1. The molecule has 0 bridgehead atoms. The highest BCUT2D eigenvalue weighted by Crippen LogP contribution is 2.37. The average molecular weight is 349 g/mol. The van der Waals surface area contributed by atoms with Gasteiger partial charge in [0.2, 0.25) is 5.95 Å². The Morgan fingerprint density at radius 1 is 1.04 bits per heavy atom. The third-order valence-corrected chi connectivity index (χ3v) is 5.06. The second-order valence-corrected chi connectivity index (χ2v) is 6.99. The number of nitrogens with one attached hydrogen (secondary N) is 1. The first-order valence-corrected chi connectivity index (χ1v) is 8.94. The van der Waals surface area contributed by atoms with E-state index in [1.807, 2.05) is 16.8 Å². The fourth-order valence-electron chi connectivity index (χ4n) is 3.47. The van der Waals surface area contributed by atoms with Crippen molar-refractivity contribution in [2.24, 2.45) is 0 Å². The van der Waals surface area contributed by atoms with E-state index in [1.54, 1.807) is 7.11 Å². The highest BCUT2D eigenvalue weighted by molar-refractivity contribution is 5.39. The summed E-state index contributed by atoms with van der Waals surface area (Å²) in [6.45, 7) is 4.42. The van der Waals surface area contributed by atoms with E-state index in [-0.39, 0.29) is 12.1 Å². The van der Waals surface area contributed by atoms with E-state index in [2.05, 4.69) is 71.1 Å². The molecule has 0 saturated carbocycles. The number of tetrazole rings is 1. The molecule has 1 N–H and O–H groups in total. The Morgan fingerprint density at radius 3 is 2.38 bits per heavy atom. The van der Waals surface area contributed by atoms with Crippen LogP contribution in [-0.2, 0) is 0 Å². The van der Waals surface area contributed by atoms with Crippen LogP contribution in [0.15, 0.2) is 48.5 Å². The summed E-state index contributed by atoms with van der Waals surface area (Å²) in [7, 11) is 1.68. The lowest BCUT2D eigenvalue weighted by molar-refractivity contribution is 0.410. The molecule has 0 saturated heterocycles. The lowest BCUT2D eigenvalue weighted by Crippen LogP contribution is -2.28. The van der Waals surface area contributed by atoms with Gasteiger partial charge in [-0.2, -0.15) is 0 Å². The minimum absolute atomic E-state index is 0.0851. The molecule has 2 atom stereocenters. The Bertz CT molecular complexity index is 870. The van der Waals surface area contributed by atoms with Gasteiger partial charge in [0, 0.05) is 0 Å². The quantitative estimate of drug-likeness (QED) is 0.772. The molecule has 26 heavy (non-hydrogen) atoms. The molecule has 0 amide bonds. The SMILES string of the molecule is COc1ccc([C@@H]2C[C@@H](c3ccc(C(C)C)cc3)Nc3nnnn32)cc1. The molecule has 0 unspecified atom stereocenters. The zero-order chi connectivity index (χ0) is 18.1. The Balaban J connectivity index is 1.65. The van der Waals surface area contributed by atoms with Gasteiger partial charge in [-0.25, -0.2) is 4.68 Å². The molecule has 1 aliphatic heterocycles. The number of aromatic nitrogens is 4. The number of hydrogen-bond acceptors (Lipinski definition) is 5. The maximum absolute atomic E-state index is 5.27. The summed E-state index contributed by atoms with van der Waals surface area (Å²) in [5.41, 5.74) is 3.77. The van der Waals surface area contributed by atoms with Crippen LogP contribution in [-0.4, -0.2) is 27.3 Å². The van der Waals surface area contributed by atoms with Gasteiger partial charge in [0.25, 0.3) is 0 Å². The van der Waals surface area contributed by atoms with Crippen molar-refractivity contribution in [2.45, 2.75) is 38.3 Å². The van der Waals surface area contributed by atoms with Gasteiger partial charge in [-0.1, -0.05) is 55.3 Å². The summed E-state index contributed by atoms with van der Waals surface area (Å²) < 4.78 is 7.13. The van der Waals surface area contributed by atoms with Crippen LogP contribution in [0.4, 0.5) is 5.95 Å². The van der Waals surface area contributed by atoms with Gasteiger partial charge >= 0.3 is 0 Å². The summed E-state index contributed by atoms with van der Waals surface area (Å²) >= 11 is 0. The van der Waals surface area contributed by atoms with Gasteiger partial charge in [0.05, 0.1) is 19.2 Å². The van der Waals surface area contributed by atoms with Crippen LogP contribution in [0.25, 0.3) is 0 Å². The summed E-state index contributed by atoms with van der Waals surface area (Å²) in [6.07, 6.45) is 0.880. The minimum atomic E-state index is 0.0851. The van der Waals surface area contributed by atoms with E-state index in [9.17, 15) is 0 Å². The third-order valence-electron chi connectivity index (χ3n) is 5.06. The zero-order valence-corrected chi connectivity index (χ0v) is 15.3. The van der Waals surface area contributed by atoms with Crippen molar-refractivity contribution in [1.82, 2.24) is 20.2 Å². The second kappa shape index (κ2) is 6.78. The number of benzene rings is 2. The molecule has 4 rings (SSSR count). The van der Waals surface area contributed by atoms with Crippen molar-refractivity contribution in [3.63, 3.8) is 0 Å². The number of fused-ring (bicyclic) bond motifs is 1. The molecule has 0 spiro atoms. The van der Waals surface area contributed by atoms with E-state index < -0.39 is 0 Å². The molecule has 0 fully saturated rings. The monoisotopic (exact) mass is 349 g/mol. The minimum Gasteiger partial charge on any atom is -0.497 e. The van der Waals surface area contributed by atoms with Crippen LogP contribution in [0.3, 0.4) is 0 Å². The van der Waals surface area contributed by atoms with E-state index >= 15 is 0 Å². The van der Waals surface area contributed by atoms with Gasteiger partial charge in [0.15, 0.2) is 0 Å². The number of anilines is 1. The van der Waals surface area contributed by atoms with Crippen molar-refractivity contribution in [1.29, 1.82) is 0 Å². The van der Waals surface area contributed by atoms with Crippen molar-refractivity contribution >= 4 is 5.95 Å². The predicted molar refractivity (Wildman–Crippen MR) is 100 cm³/mol. The fraction of sp³-hybridized carbons (Fsp3) is 0.350. The maximum atomic E-state index is 5.27. The van der Waals surface area contributed by atoms with Crippen molar-refractivity contribution < 1.29 is 4.74 Å². The largest absolute Gasteiger partial charge is 0.497 e. The van der Waals surface area contributed by atoms with Gasteiger partial charge in [-0.05, 0) is 51.6 Å². The molecule has 1 aromatic heterocycles. The van der Waals surface area contributed by atoms with Gasteiger partial charge in [-0.3, -0.25) is 0 Å². The standard InChI is InChI=1S/C20H23N5O/c1-13(2)14-4-6-15(7-5-14)18-12-19(25-20(21-18)22-23-24-25)16-8-10-17(26-3)11-9-16/h4-11,13,18-19H,12H2,1-3H3,(H,21,22,24)/t18-,19-/m0/s1. The molecule has 134 valence electrons. The lowest BCUT2D eigenvalue weighted by atomic mass is 9.92. The van der Waals surface area contributed by atoms with Crippen LogP contribution in [0.2, 0.25) is 0 Å². The Hall–Kier alpha value is -2.89. The Kier molecular flexibility index (Phi) is 4.32. The lowest BCUT2D eigenvalue weighted by Gasteiger charge is -2.31. The molecule has 0 aliphatic carbocycles. The van der Waals surface area contributed by atoms with E-state index in [0.717, 1.165) is 12.2 Å². The van der Waals surface area contributed by atoms with Crippen molar-refractivity contribution in [2.75, 3.05) is 12.4 Å². The zero-order valence-electron chi connectivity index (χ0n) is 15.3. The summed E-state index contributed by atoms with van der Waals surface area (Å²) in [6, 6.07) is 17.2. The van der Waals surface area contributed by atoms with Gasteiger partial charge in [-0.15, -0.1) is 0 Å². The molecular formula is C20H23N5O. The fourth-order valence-corrected chi connectivity index (χ4v) is 3.47. The second-order valence-electron chi connectivity index (χ2n) is 6.99. The van der Waals surface area contributed by atoms with Gasteiger partial charge < -0.3 is 10.1 Å². The van der Waals surface area contributed by atoms with Crippen molar-refractivity contribution in [3.8, 4) is 5.75 Å². The van der Waals surface area contributed by atoms with Crippen molar-refractivity contribution in [3.05, 3.63) is 65.2 Å². The van der Waals surface area contributed by atoms with E-state index in [1.165, 1.54) is 16.7 Å². The highest BCUT2D eigenvalue weighted by Gasteiger charge is 2.30. The molecule has 2 heterocycles.